The molecule has 0 atom stereocenters. The molecule has 1 aliphatic heterocycles. The molecule has 0 saturated carbocycles. The first-order valence-corrected chi connectivity index (χ1v) is 10.3. The van der Waals surface area contributed by atoms with Gasteiger partial charge in [0.15, 0.2) is 0 Å². The van der Waals surface area contributed by atoms with Gasteiger partial charge in [0.05, 0.1) is 24.5 Å². The van der Waals surface area contributed by atoms with E-state index in [1.54, 1.807) is 30.5 Å². The lowest BCUT2D eigenvalue weighted by molar-refractivity contribution is -0.901. The average Bonchev–Trinajstić information content (AvgIpc) is 3.15. The van der Waals surface area contributed by atoms with Crippen LogP contribution in [0.15, 0.2) is 29.2 Å². The minimum atomic E-state index is -3.58. The number of likely N-dealkylation sites (tertiary alicyclic amines) is 1. The average molecular weight is 364 g/mol. The molecule has 0 spiro atoms. The molecule has 6 nitrogen and oxygen atoms in total. The maximum atomic E-state index is 12.7. The Hall–Kier alpha value is -1.70. The molecule has 0 radical (unpaired) electrons. The second kappa shape index (κ2) is 7.27. The van der Waals surface area contributed by atoms with E-state index in [1.165, 1.54) is 31.5 Å². The molecule has 1 saturated heterocycles. The number of hydrogen-bond donors (Lipinski definition) is 2. The molecule has 7 heteroatoms. The zero-order valence-electron chi connectivity index (χ0n) is 15.2. The van der Waals surface area contributed by atoms with Gasteiger partial charge in [-0.1, -0.05) is 24.3 Å². The minimum absolute atomic E-state index is 0.289. The number of sulfonamides is 1. The van der Waals surface area contributed by atoms with Gasteiger partial charge in [-0.25, -0.2) is 13.1 Å². The number of nitrogens with zero attached hydrogens (tertiary/aromatic N) is 2. The monoisotopic (exact) mass is 363 g/mol. The molecule has 1 fully saturated rings. The first-order chi connectivity index (χ1) is 11.9. The van der Waals surface area contributed by atoms with Crippen LogP contribution >= 0.6 is 0 Å². The molecule has 136 valence electrons. The number of rotatable bonds is 6. The molecule has 0 aliphatic carbocycles. The predicted molar refractivity (Wildman–Crippen MR) is 96.8 cm³/mol. The van der Waals surface area contributed by atoms with E-state index in [2.05, 4.69) is 15.9 Å². The Kier molecular flexibility index (Phi) is 5.27. The van der Waals surface area contributed by atoms with E-state index in [9.17, 15) is 8.42 Å². The maximum absolute atomic E-state index is 12.7. The zero-order chi connectivity index (χ0) is 18.0. The van der Waals surface area contributed by atoms with Gasteiger partial charge in [0.2, 0.25) is 10.0 Å². The number of nitrogens with one attached hydrogen (secondary N) is 2. The Morgan fingerprint density at radius 2 is 1.80 bits per heavy atom. The van der Waals surface area contributed by atoms with Crippen LogP contribution in [-0.4, -0.2) is 31.3 Å². The van der Waals surface area contributed by atoms with Crippen LogP contribution in [0.3, 0.4) is 0 Å². The Morgan fingerprint density at radius 3 is 2.40 bits per heavy atom. The van der Waals surface area contributed by atoms with Gasteiger partial charge in [-0.2, -0.15) is 5.10 Å². The summed E-state index contributed by atoms with van der Waals surface area (Å²) >= 11 is 0. The Labute approximate surface area is 149 Å². The van der Waals surface area contributed by atoms with Crippen LogP contribution in [0.25, 0.3) is 0 Å². The van der Waals surface area contributed by atoms with Gasteiger partial charge in [-0.3, -0.25) is 4.68 Å². The van der Waals surface area contributed by atoms with Crippen molar-refractivity contribution < 1.29 is 13.3 Å². The van der Waals surface area contributed by atoms with Crippen LogP contribution in [0.1, 0.15) is 35.4 Å². The Bertz CT molecular complexity index is 852. The molecule has 0 amide bonds. The second-order valence-corrected chi connectivity index (χ2v) is 8.55. The van der Waals surface area contributed by atoms with Gasteiger partial charge >= 0.3 is 0 Å². The standard InChI is InChI=1S/C18H26N4O2S/c1-14-18(15(2)21(3)20-14)25(23,24)19-12-16-8-4-5-9-17(16)13-22-10-6-7-11-22/h4-5,8-9,19H,6-7,10-13H2,1-3H3/p+1. The molecule has 2 N–H and O–H groups in total. The third-order valence-corrected chi connectivity index (χ3v) is 6.69. The molecule has 1 aromatic heterocycles. The summed E-state index contributed by atoms with van der Waals surface area (Å²) in [4.78, 5) is 1.87. The van der Waals surface area contributed by atoms with Crippen LogP contribution in [0.5, 0.6) is 0 Å². The Morgan fingerprint density at radius 1 is 1.16 bits per heavy atom. The van der Waals surface area contributed by atoms with Crippen molar-refractivity contribution in [1.29, 1.82) is 0 Å². The predicted octanol–water partition coefficient (Wildman–Crippen LogP) is 0.694. The highest BCUT2D eigenvalue weighted by atomic mass is 32.2. The molecule has 1 aromatic carbocycles. The van der Waals surface area contributed by atoms with Crippen LogP contribution < -0.4 is 9.62 Å². The highest BCUT2D eigenvalue weighted by Gasteiger charge is 2.24. The topological polar surface area (TPSA) is 68.4 Å². The SMILES string of the molecule is Cc1nn(C)c(C)c1S(=O)(=O)NCc1ccccc1C[NH+]1CCCC1. The fraction of sp³-hybridized carbons (Fsp3) is 0.500. The molecule has 2 heterocycles. The largest absolute Gasteiger partial charge is 0.331 e. The van der Waals surface area contributed by atoms with Gasteiger partial charge in [0.25, 0.3) is 0 Å². The van der Waals surface area contributed by atoms with E-state index >= 15 is 0 Å². The number of aryl methyl sites for hydroxylation is 2. The van der Waals surface area contributed by atoms with Gasteiger partial charge in [0, 0.05) is 32.0 Å². The lowest BCUT2D eigenvalue weighted by Gasteiger charge is -2.15. The lowest BCUT2D eigenvalue weighted by atomic mass is 10.1. The van der Waals surface area contributed by atoms with Gasteiger partial charge < -0.3 is 4.90 Å². The van der Waals surface area contributed by atoms with Crippen molar-refractivity contribution in [3.63, 3.8) is 0 Å². The van der Waals surface area contributed by atoms with Crippen molar-refractivity contribution in [3.8, 4) is 0 Å². The molecule has 0 bridgehead atoms. The summed E-state index contributed by atoms with van der Waals surface area (Å²) in [6, 6.07) is 8.11. The second-order valence-electron chi connectivity index (χ2n) is 6.85. The van der Waals surface area contributed by atoms with Gasteiger partial charge in [-0.15, -0.1) is 0 Å². The number of hydrogen-bond acceptors (Lipinski definition) is 3. The third kappa shape index (κ3) is 3.94. The van der Waals surface area contributed by atoms with Crippen molar-refractivity contribution >= 4 is 10.0 Å². The first kappa shape index (κ1) is 18.1. The lowest BCUT2D eigenvalue weighted by Crippen LogP contribution is -3.08. The van der Waals surface area contributed by atoms with E-state index in [-0.39, 0.29) is 4.90 Å². The fourth-order valence-corrected chi connectivity index (χ4v) is 5.05. The van der Waals surface area contributed by atoms with Crippen molar-refractivity contribution in [3.05, 3.63) is 46.8 Å². The highest BCUT2D eigenvalue weighted by Crippen LogP contribution is 2.19. The van der Waals surface area contributed by atoms with Gasteiger partial charge in [-0.05, 0) is 19.4 Å². The summed E-state index contributed by atoms with van der Waals surface area (Å²) in [5, 5.41) is 4.21. The quantitative estimate of drug-likeness (QED) is 0.794. The molecule has 1 aliphatic rings. The molecule has 2 aromatic rings. The smallest absolute Gasteiger partial charge is 0.244 e. The first-order valence-electron chi connectivity index (χ1n) is 8.78. The molecular weight excluding hydrogens is 336 g/mol. The van der Waals surface area contributed by atoms with Crippen LogP contribution in [0, 0.1) is 13.8 Å². The fourth-order valence-electron chi connectivity index (χ4n) is 3.61. The summed E-state index contributed by atoms with van der Waals surface area (Å²) in [5.41, 5.74) is 3.45. The summed E-state index contributed by atoms with van der Waals surface area (Å²) in [6.45, 7) is 7.18. The van der Waals surface area contributed by atoms with Crippen LogP contribution in [0.4, 0.5) is 0 Å². The summed E-state index contributed by atoms with van der Waals surface area (Å²) < 4.78 is 29.9. The number of quaternary nitrogens is 1. The van der Waals surface area contributed by atoms with Crippen LogP contribution in [-0.2, 0) is 30.2 Å². The minimum Gasteiger partial charge on any atom is -0.331 e. The molecule has 3 rings (SSSR count). The third-order valence-electron chi connectivity index (χ3n) is 5.03. The molecular formula is C18H27N4O2S+. The molecule has 0 unspecified atom stereocenters. The summed E-state index contributed by atoms with van der Waals surface area (Å²) in [5.74, 6) is 0. The normalized spacial score (nSPS) is 15.8. The summed E-state index contributed by atoms with van der Waals surface area (Å²) in [7, 11) is -1.82. The highest BCUT2D eigenvalue weighted by molar-refractivity contribution is 7.89. The van der Waals surface area contributed by atoms with Crippen LogP contribution in [0.2, 0.25) is 0 Å². The Balaban J connectivity index is 1.77. The van der Waals surface area contributed by atoms with Gasteiger partial charge in [0.1, 0.15) is 11.4 Å². The molecule has 25 heavy (non-hydrogen) atoms. The van der Waals surface area contributed by atoms with E-state index in [1.807, 2.05) is 18.2 Å². The van der Waals surface area contributed by atoms with Crippen molar-refractivity contribution in [2.45, 2.75) is 44.7 Å². The van der Waals surface area contributed by atoms with Crippen molar-refractivity contribution in [2.24, 2.45) is 7.05 Å². The zero-order valence-corrected chi connectivity index (χ0v) is 16.0. The van der Waals surface area contributed by atoms with E-state index < -0.39 is 10.0 Å². The number of benzene rings is 1. The van der Waals surface area contributed by atoms with E-state index in [0.29, 0.717) is 17.9 Å². The van der Waals surface area contributed by atoms with Crippen molar-refractivity contribution in [1.82, 2.24) is 14.5 Å². The summed E-state index contributed by atoms with van der Waals surface area (Å²) in [6.07, 6.45) is 2.56. The number of aromatic nitrogens is 2. The maximum Gasteiger partial charge on any atom is 0.244 e. The van der Waals surface area contributed by atoms with E-state index in [4.69, 9.17) is 0 Å². The van der Waals surface area contributed by atoms with E-state index in [0.717, 1.165) is 12.1 Å². The van der Waals surface area contributed by atoms with Crippen molar-refractivity contribution in [2.75, 3.05) is 13.1 Å².